The number of benzene rings is 2. The van der Waals surface area contributed by atoms with E-state index in [1.54, 1.807) is 0 Å². The molecule has 1 atom stereocenters. The van der Waals surface area contributed by atoms with Gasteiger partial charge in [0.25, 0.3) is 0 Å². The molecule has 2 heterocycles. The van der Waals surface area contributed by atoms with E-state index >= 15 is 0 Å². The minimum atomic E-state index is -0.693. The molecule has 2 aromatic carbocycles. The Labute approximate surface area is 177 Å². The van der Waals surface area contributed by atoms with Gasteiger partial charge in [-0.1, -0.05) is 36.2 Å². The Morgan fingerprint density at radius 2 is 1.60 bits per heavy atom. The van der Waals surface area contributed by atoms with Crippen molar-refractivity contribution < 1.29 is 9.84 Å². The number of nitrogens with zero attached hydrogens (tertiary/aromatic N) is 3. The molecule has 0 unspecified atom stereocenters. The van der Waals surface area contributed by atoms with Crippen LogP contribution < -0.4 is 10.4 Å². The van der Waals surface area contributed by atoms with Crippen LogP contribution in [0.1, 0.15) is 24.8 Å². The SMILES string of the molecule is Cc1ccc(OC[C@@H](O)Cn2c(=N)n(CCN3CCCCC3)c3ccccc32)cc1. The molecule has 0 bridgehead atoms. The fraction of sp³-hybridized carbons (Fsp3) is 0.458. The van der Waals surface area contributed by atoms with Gasteiger partial charge in [-0.3, -0.25) is 5.41 Å². The molecule has 30 heavy (non-hydrogen) atoms. The number of imidazole rings is 1. The molecule has 2 N–H and O–H groups in total. The van der Waals surface area contributed by atoms with Gasteiger partial charge in [0.05, 0.1) is 17.6 Å². The van der Waals surface area contributed by atoms with Gasteiger partial charge in [-0.05, 0) is 57.1 Å². The molecule has 0 spiro atoms. The molecule has 6 nitrogen and oxygen atoms in total. The Hall–Kier alpha value is -2.57. The van der Waals surface area contributed by atoms with Crippen molar-refractivity contribution in [3.8, 4) is 5.75 Å². The van der Waals surface area contributed by atoms with Gasteiger partial charge in [-0.2, -0.15) is 0 Å². The highest BCUT2D eigenvalue weighted by molar-refractivity contribution is 5.75. The molecule has 4 rings (SSSR count). The molecule has 1 saturated heterocycles. The number of nitrogens with one attached hydrogen (secondary N) is 1. The van der Waals surface area contributed by atoms with E-state index in [0.29, 0.717) is 12.2 Å². The minimum absolute atomic E-state index is 0.197. The molecule has 0 saturated carbocycles. The molecule has 3 aromatic rings. The Morgan fingerprint density at radius 3 is 2.30 bits per heavy atom. The summed E-state index contributed by atoms with van der Waals surface area (Å²) in [6, 6.07) is 15.9. The number of aliphatic hydroxyl groups is 1. The van der Waals surface area contributed by atoms with E-state index in [1.165, 1.54) is 24.8 Å². The minimum Gasteiger partial charge on any atom is -0.491 e. The van der Waals surface area contributed by atoms with Crippen LogP contribution in [0, 0.1) is 12.3 Å². The molecule has 160 valence electrons. The monoisotopic (exact) mass is 408 g/mol. The number of aliphatic hydroxyl groups excluding tert-OH is 1. The summed E-state index contributed by atoms with van der Waals surface area (Å²) in [5.41, 5.74) is 3.64. The van der Waals surface area contributed by atoms with E-state index in [-0.39, 0.29) is 6.61 Å². The van der Waals surface area contributed by atoms with E-state index in [4.69, 9.17) is 10.1 Å². The zero-order chi connectivity index (χ0) is 20.9. The quantitative estimate of drug-likeness (QED) is 0.602. The van der Waals surface area contributed by atoms with Crippen LogP contribution in [-0.4, -0.2) is 51.5 Å². The van der Waals surface area contributed by atoms with Crippen LogP contribution in [0.5, 0.6) is 5.75 Å². The van der Waals surface area contributed by atoms with Gasteiger partial charge >= 0.3 is 0 Å². The van der Waals surface area contributed by atoms with Crippen molar-refractivity contribution >= 4 is 11.0 Å². The number of aromatic nitrogens is 2. The molecule has 0 amide bonds. The summed E-state index contributed by atoms with van der Waals surface area (Å²) in [6.45, 7) is 6.63. The highest BCUT2D eigenvalue weighted by Gasteiger charge is 2.16. The summed E-state index contributed by atoms with van der Waals surface area (Å²) in [7, 11) is 0. The summed E-state index contributed by atoms with van der Waals surface area (Å²) in [6.07, 6.45) is 3.18. The van der Waals surface area contributed by atoms with Crippen LogP contribution in [-0.2, 0) is 13.1 Å². The van der Waals surface area contributed by atoms with Gasteiger partial charge in [0, 0.05) is 13.1 Å². The van der Waals surface area contributed by atoms with Gasteiger partial charge in [0.1, 0.15) is 18.5 Å². The van der Waals surface area contributed by atoms with Crippen molar-refractivity contribution in [2.45, 2.75) is 45.4 Å². The van der Waals surface area contributed by atoms with Crippen molar-refractivity contribution in [1.82, 2.24) is 14.0 Å². The maximum atomic E-state index is 10.6. The maximum Gasteiger partial charge on any atom is 0.203 e. The lowest BCUT2D eigenvalue weighted by Gasteiger charge is -2.26. The Kier molecular flexibility index (Phi) is 6.55. The summed E-state index contributed by atoms with van der Waals surface area (Å²) in [5.74, 6) is 0.750. The van der Waals surface area contributed by atoms with Crippen molar-refractivity contribution in [3.63, 3.8) is 0 Å². The fourth-order valence-corrected chi connectivity index (χ4v) is 4.22. The van der Waals surface area contributed by atoms with Crippen LogP contribution >= 0.6 is 0 Å². The van der Waals surface area contributed by atoms with Crippen LogP contribution in [0.25, 0.3) is 11.0 Å². The Balaban J connectivity index is 1.47. The number of hydrogen-bond donors (Lipinski definition) is 2. The average Bonchev–Trinajstić information content (AvgIpc) is 3.03. The van der Waals surface area contributed by atoms with Crippen molar-refractivity contribution in [2.24, 2.45) is 0 Å². The molecule has 1 aliphatic heterocycles. The van der Waals surface area contributed by atoms with E-state index < -0.39 is 6.10 Å². The largest absolute Gasteiger partial charge is 0.491 e. The van der Waals surface area contributed by atoms with Gasteiger partial charge in [0.15, 0.2) is 0 Å². The fourth-order valence-electron chi connectivity index (χ4n) is 4.22. The predicted molar refractivity (Wildman–Crippen MR) is 119 cm³/mol. The van der Waals surface area contributed by atoms with Gasteiger partial charge in [-0.15, -0.1) is 0 Å². The third kappa shape index (κ3) is 4.77. The first-order chi connectivity index (χ1) is 14.6. The summed E-state index contributed by atoms with van der Waals surface area (Å²) in [4.78, 5) is 2.49. The molecule has 1 aromatic heterocycles. The lowest BCUT2D eigenvalue weighted by molar-refractivity contribution is 0.0920. The molecule has 6 heteroatoms. The number of para-hydroxylation sites is 2. The zero-order valence-corrected chi connectivity index (χ0v) is 17.8. The number of fused-ring (bicyclic) bond motifs is 1. The molecule has 0 aliphatic carbocycles. The normalized spacial score (nSPS) is 16.1. The number of likely N-dealkylation sites (tertiary alicyclic amines) is 1. The van der Waals surface area contributed by atoms with Crippen molar-refractivity contribution in [2.75, 3.05) is 26.2 Å². The third-order valence-corrected chi connectivity index (χ3v) is 5.92. The standard InChI is InChI=1S/C24H32N4O2/c1-19-9-11-21(12-10-19)30-18-20(29)17-28-23-8-4-3-7-22(23)27(24(28)25)16-15-26-13-5-2-6-14-26/h3-4,7-12,20,25,29H,2,5-6,13-18H2,1H3/t20-/m0/s1. The maximum absolute atomic E-state index is 10.6. The van der Waals surface area contributed by atoms with Gasteiger partial charge in [-0.25, -0.2) is 0 Å². The average molecular weight is 409 g/mol. The van der Waals surface area contributed by atoms with E-state index in [2.05, 4.69) is 15.5 Å². The smallest absolute Gasteiger partial charge is 0.203 e. The molecule has 1 aliphatic rings. The van der Waals surface area contributed by atoms with Crippen LogP contribution in [0.3, 0.4) is 0 Å². The second-order valence-electron chi connectivity index (χ2n) is 8.25. The number of hydrogen-bond acceptors (Lipinski definition) is 4. The van der Waals surface area contributed by atoms with Crippen LogP contribution in [0.4, 0.5) is 0 Å². The van der Waals surface area contributed by atoms with Gasteiger partial charge in [0.2, 0.25) is 5.62 Å². The number of aryl methyl sites for hydroxylation is 1. The van der Waals surface area contributed by atoms with E-state index in [1.807, 2.05) is 54.0 Å². The van der Waals surface area contributed by atoms with Crippen molar-refractivity contribution in [3.05, 3.63) is 59.7 Å². The lowest BCUT2D eigenvalue weighted by atomic mass is 10.1. The van der Waals surface area contributed by atoms with Gasteiger partial charge < -0.3 is 23.9 Å². The van der Waals surface area contributed by atoms with Crippen LogP contribution in [0.2, 0.25) is 0 Å². The first kappa shape index (κ1) is 20.7. The summed E-state index contributed by atoms with van der Waals surface area (Å²) >= 11 is 0. The highest BCUT2D eigenvalue weighted by atomic mass is 16.5. The predicted octanol–water partition coefficient (Wildman–Crippen LogP) is 3.16. The molecular formula is C24H32N4O2. The molecule has 0 radical (unpaired) electrons. The number of ether oxygens (including phenoxy) is 1. The molecular weight excluding hydrogens is 376 g/mol. The zero-order valence-electron chi connectivity index (χ0n) is 17.8. The Morgan fingerprint density at radius 1 is 0.933 bits per heavy atom. The van der Waals surface area contributed by atoms with E-state index in [9.17, 15) is 5.11 Å². The number of rotatable bonds is 8. The molecule has 1 fully saturated rings. The second kappa shape index (κ2) is 9.49. The third-order valence-electron chi connectivity index (χ3n) is 5.92. The van der Waals surface area contributed by atoms with Crippen LogP contribution in [0.15, 0.2) is 48.5 Å². The first-order valence-corrected chi connectivity index (χ1v) is 10.9. The lowest BCUT2D eigenvalue weighted by Crippen LogP contribution is -2.36. The first-order valence-electron chi connectivity index (χ1n) is 10.9. The number of piperidine rings is 1. The summed E-state index contributed by atoms with van der Waals surface area (Å²) in [5, 5.41) is 19.4. The second-order valence-corrected chi connectivity index (χ2v) is 8.25. The summed E-state index contributed by atoms with van der Waals surface area (Å²) < 4.78 is 9.71. The highest BCUT2D eigenvalue weighted by Crippen LogP contribution is 2.16. The topological polar surface area (TPSA) is 66.4 Å². The Bertz CT molecular complexity index is 1020. The van der Waals surface area contributed by atoms with E-state index in [0.717, 1.165) is 43.0 Å². The van der Waals surface area contributed by atoms with Crippen molar-refractivity contribution in [1.29, 1.82) is 5.41 Å².